The minimum atomic E-state index is -0.626. The van der Waals surface area contributed by atoms with E-state index < -0.39 is 10.8 Å². The number of hydrogen-bond donors (Lipinski definition) is 1. The van der Waals surface area contributed by atoms with Gasteiger partial charge < -0.3 is 5.32 Å². The van der Waals surface area contributed by atoms with E-state index in [0.717, 1.165) is 24.6 Å². The van der Waals surface area contributed by atoms with Crippen LogP contribution in [0, 0.1) is 11.3 Å². The summed E-state index contributed by atoms with van der Waals surface area (Å²) in [6, 6.07) is 0.449. The molecule has 0 aromatic carbocycles. The zero-order chi connectivity index (χ0) is 13.2. The van der Waals surface area contributed by atoms with E-state index in [1.807, 2.05) is 0 Å². The van der Waals surface area contributed by atoms with Crippen molar-refractivity contribution >= 4 is 10.8 Å². The lowest BCUT2D eigenvalue weighted by Crippen LogP contribution is -2.46. The fraction of sp³-hybridized carbons (Fsp3) is 1.00. The summed E-state index contributed by atoms with van der Waals surface area (Å²) in [5.74, 6) is 1.71. The third-order valence-corrected chi connectivity index (χ3v) is 6.91. The Kier molecular flexibility index (Phi) is 4.87. The van der Waals surface area contributed by atoms with Crippen LogP contribution in [-0.2, 0) is 10.8 Å². The highest BCUT2D eigenvalue weighted by atomic mass is 32.2. The zero-order valence-corrected chi connectivity index (χ0v) is 13.0. The molecule has 3 heteroatoms. The summed E-state index contributed by atoms with van der Waals surface area (Å²) in [5.41, 5.74) is 0.312. The summed E-state index contributed by atoms with van der Waals surface area (Å²) in [7, 11) is -0.626. The molecule has 2 fully saturated rings. The fourth-order valence-electron chi connectivity index (χ4n) is 3.78. The standard InChI is InChI=1S/C15H29NOS/c1-4-16-14-13(9-10-15(14,2)3)18(17)11-12-7-5-6-8-12/h12-14,16H,4-11H2,1-3H3. The van der Waals surface area contributed by atoms with Crippen LogP contribution in [0.4, 0.5) is 0 Å². The highest BCUT2D eigenvalue weighted by molar-refractivity contribution is 7.85. The van der Waals surface area contributed by atoms with Crippen LogP contribution in [0.15, 0.2) is 0 Å². The molecule has 2 saturated carbocycles. The van der Waals surface area contributed by atoms with Gasteiger partial charge in [-0.2, -0.15) is 0 Å². The molecule has 0 aromatic rings. The monoisotopic (exact) mass is 271 g/mol. The molecular formula is C15H29NOS. The third kappa shape index (κ3) is 3.16. The Balaban J connectivity index is 1.95. The van der Waals surface area contributed by atoms with E-state index in [9.17, 15) is 4.21 Å². The Hall–Kier alpha value is 0.110. The quantitative estimate of drug-likeness (QED) is 0.832. The van der Waals surface area contributed by atoms with Gasteiger partial charge in [-0.3, -0.25) is 4.21 Å². The molecule has 3 atom stereocenters. The Morgan fingerprint density at radius 1 is 1.22 bits per heavy atom. The van der Waals surface area contributed by atoms with Crippen LogP contribution < -0.4 is 5.32 Å². The van der Waals surface area contributed by atoms with Crippen LogP contribution in [0.1, 0.15) is 59.3 Å². The molecule has 0 radical (unpaired) electrons. The van der Waals surface area contributed by atoms with Crippen molar-refractivity contribution in [1.82, 2.24) is 5.32 Å². The van der Waals surface area contributed by atoms with E-state index in [1.165, 1.54) is 32.1 Å². The van der Waals surface area contributed by atoms with Gasteiger partial charge in [0.1, 0.15) is 0 Å². The molecule has 2 aliphatic carbocycles. The summed E-state index contributed by atoms with van der Waals surface area (Å²) >= 11 is 0. The molecule has 0 aromatic heterocycles. The van der Waals surface area contributed by atoms with Crippen molar-refractivity contribution in [3.05, 3.63) is 0 Å². The normalized spacial score (nSPS) is 33.9. The lowest BCUT2D eigenvalue weighted by molar-refractivity contribution is 0.289. The molecule has 0 aliphatic heterocycles. The number of hydrogen-bond acceptors (Lipinski definition) is 2. The highest BCUT2D eigenvalue weighted by Gasteiger charge is 2.44. The van der Waals surface area contributed by atoms with E-state index in [2.05, 4.69) is 26.1 Å². The maximum absolute atomic E-state index is 12.6. The SMILES string of the molecule is CCNC1C(S(=O)CC2CCCC2)CCC1(C)C. The van der Waals surface area contributed by atoms with Gasteiger partial charge in [0, 0.05) is 22.6 Å². The Bertz CT molecular complexity index is 297. The van der Waals surface area contributed by atoms with Gasteiger partial charge in [-0.25, -0.2) is 0 Å². The third-order valence-electron chi connectivity index (χ3n) is 4.92. The van der Waals surface area contributed by atoms with Gasteiger partial charge in [-0.1, -0.05) is 33.6 Å². The van der Waals surface area contributed by atoms with Crippen LogP contribution in [0.25, 0.3) is 0 Å². The smallest absolute Gasteiger partial charge is 0.0506 e. The molecule has 2 nitrogen and oxygen atoms in total. The molecule has 2 aliphatic rings. The second kappa shape index (κ2) is 6.04. The largest absolute Gasteiger partial charge is 0.313 e. The van der Waals surface area contributed by atoms with Gasteiger partial charge in [0.15, 0.2) is 0 Å². The Morgan fingerprint density at radius 3 is 2.50 bits per heavy atom. The van der Waals surface area contributed by atoms with Gasteiger partial charge in [-0.05, 0) is 43.6 Å². The van der Waals surface area contributed by atoms with Crippen molar-refractivity contribution in [2.75, 3.05) is 12.3 Å². The maximum Gasteiger partial charge on any atom is 0.0506 e. The summed E-state index contributed by atoms with van der Waals surface area (Å²) in [6.07, 6.45) is 7.69. The highest BCUT2D eigenvalue weighted by Crippen LogP contribution is 2.40. The first kappa shape index (κ1) is 14.5. The van der Waals surface area contributed by atoms with E-state index in [-0.39, 0.29) is 0 Å². The molecule has 3 unspecified atom stereocenters. The topological polar surface area (TPSA) is 29.1 Å². The Labute approximate surface area is 115 Å². The van der Waals surface area contributed by atoms with Crippen molar-refractivity contribution in [2.24, 2.45) is 11.3 Å². The molecule has 0 heterocycles. The predicted molar refractivity (Wildman–Crippen MR) is 79.2 cm³/mol. The summed E-state index contributed by atoms with van der Waals surface area (Å²) in [6.45, 7) is 7.80. The molecular weight excluding hydrogens is 242 g/mol. The van der Waals surface area contributed by atoms with Crippen molar-refractivity contribution in [3.63, 3.8) is 0 Å². The van der Waals surface area contributed by atoms with Crippen LogP contribution in [0.2, 0.25) is 0 Å². The second-order valence-corrected chi connectivity index (χ2v) is 8.50. The lowest BCUT2D eigenvalue weighted by atomic mass is 9.87. The van der Waals surface area contributed by atoms with Crippen molar-refractivity contribution in [2.45, 2.75) is 70.6 Å². The minimum absolute atomic E-state index is 0.312. The fourth-order valence-corrected chi connectivity index (χ4v) is 5.98. The zero-order valence-electron chi connectivity index (χ0n) is 12.2. The van der Waals surface area contributed by atoms with Gasteiger partial charge in [0.05, 0.1) is 5.25 Å². The molecule has 0 spiro atoms. The van der Waals surface area contributed by atoms with Crippen LogP contribution >= 0.6 is 0 Å². The second-order valence-electron chi connectivity index (χ2n) is 6.80. The number of rotatable bonds is 5. The summed E-state index contributed by atoms with van der Waals surface area (Å²) in [4.78, 5) is 0. The van der Waals surface area contributed by atoms with Gasteiger partial charge in [-0.15, -0.1) is 0 Å². The van der Waals surface area contributed by atoms with E-state index in [0.29, 0.717) is 16.7 Å². The average molecular weight is 271 g/mol. The van der Waals surface area contributed by atoms with Gasteiger partial charge in [0.2, 0.25) is 0 Å². The lowest BCUT2D eigenvalue weighted by Gasteiger charge is -2.31. The molecule has 0 bridgehead atoms. The van der Waals surface area contributed by atoms with Gasteiger partial charge in [0.25, 0.3) is 0 Å². The average Bonchev–Trinajstić information content (AvgIpc) is 2.89. The molecule has 0 saturated heterocycles. The van der Waals surface area contributed by atoms with Crippen molar-refractivity contribution in [3.8, 4) is 0 Å². The molecule has 106 valence electrons. The Morgan fingerprint density at radius 2 is 1.89 bits per heavy atom. The summed E-state index contributed by atoms with van der Waals surface area (Å²) in [5, 5.41) is 3.99. The van der Waals surface area contributed by atoms with Gasteiger partial charge >= 0.3 is 0 Å². The van der Waals surface area contributed by atoms with Crippen LogP contribution in [0.5, 0.6) is 0 Å². The van der Waals surface area contributed by atoms with Crippen LogP contribution in [0.3, 0.4) is 0 Å². The first-order chi connectivity index (χ1) is 8.54. The molecule has 0 amide bonds. The van der Waals surface area contributed by atoms with E-state index in [4.69, 9.17) is 0 Å². The first-order valence-electron chi connectivity index (χ1n) is 7.65. The predicted octanol–water partition coefficient (Wildman–Crippen LogP) is 3.09. The first-order valence-corrected chi connectivity index (χ1v) is 9.03. The van der Waals surface area contributed by atoms with Crippen LogP contribution in [-0.4, -0.2) is 27.8 Å². The van der Waals surface area contributed by atoms with Crippen molar-refractivity contribution < 1.29 is 4.21 Å². The molecule has 18 heavy (non-hydrogen) atoms. The summed E-state index contributed by atoms with van der Waals surface area (Å²) < 4.78 is 12.6. The minimum Gasteiger partial charge on any atom is -0.313 e. The van der Waals surface area contributed by atoms with E-state index >= 15 is 0 Å². The number of nitrogens with one attached hydrogen (secondary N) is 1. The maximum atomic E-state index is 12.6. The molecule has 2 rings (SSSR count). The molecule has 1 N–H and O–H groups in total. The van der Waals surface area contributed by atoms with E-state index in [1.54, 1.807) is 0 Å². The van der Waals surface area contributed by atoms with Crippen molar-refractivity contribution in [1.29, 1.82) is 0 Å².